The molecule has 0 radical (unpaired) electrons. The Morgan fingerprint density at radius 3 is 2.35 bits per heavy atom. The number of amides is 1. The molecule has 2 aromatic carbocycles. The van der Waals surface area contributed by atoms with Gasteiger partial charge in [-0.2, -0.15) is 0 Å². The van der Waals surface area contributed by atoms with Gasteiger partial charge < -0.3 is 14.6 Å². The molecule has 0 atom stereocenters. The van der Waals surface area contributed by atoms with Crippen LogP contribution in [0.5, 0.6) is 0 Å². The van der Waals surface area contributed by atoms with E-state index < -0.39 is 5.97 Å². The molecule has 160 valence electrons. The number of ether oxygens (including phenoxy) is 1. The first-order valence-corrected chi connectivity index (χ1v) is 10.1. The standard InChI is InChI=1S/C25H26N2O4/c1-5-31-25(30)22-14-23(19-11-9-16(2)10-12-19)27(17(22)3)15-24(29)26-21-8-6-7-20(13-21)18(4)28/h6-14H,5,15H2,1-4H3,(H,26,29). The summed E-state index contributed by atoms with van der Waals surface area (Å²) in [5, 5.41) is 2.84. The van der Waals surface area contributed by atoms with Crippen LogP contribution < -0.4 is 5.32 Å². The van der Waals surface area contributed by atoms with Crippen molar-refractivity contribution in [1.82, 2.24) is 4.57 Å². The van der Waals surface area contributed by atoms with Crippen molar-refractivity contribution < 1.29 is 19.1 Å². The lowest BCUT2D eigenvalue weighted by Crippen LogP contribution is -2.20. The Balaban J connectivity index is 1.94. The molecule has 0 fully saturated rings. The van der Waals surface area contributed by atoms with Crippen LogP contribution in [0.2, 0.25) is 0 Å². The van der Waals surface area contributed by atoms with Gasteiger partial charge in [0.05, 0.1) is 12.2 Å². The van der Waals surface area contributed by atoms with Crippen LogP contribution in [0, 0.1) is 13.8 Å². The number of hydrogen-bond acceptors (Lipinski definition) is 4. The van der Waals surface area contributed by atoms with Gasteiger partial charge in [0.25, 0.3) is 0 Å². The molecule has 0 saturated carbocycles. The highest BCUT2D eigenvalue weighted by Gasteiger charge is 2.21. The number of esters is 1. The van der Waals surface area contributed by atoms with Gasteiger partial charge in [-0.1, -0.05) is 42.0 Å². The first-order chi connectivity index (χ1) is 14.8. The highest BCUT2D eigenvalue weighted by Crippen LogP contribution is 2.27. The van der Waals surface area contributed by atoms with Gasteiger partial charge in [-0.15, -0.1) is 0 Å². The summed E-state index contributed by atoms with van der Waals surface area (Å²) < 4.78 is 6.99. The van der Waals surface area contributed by atoms with Crippen LogP contribution in [0.25, 0.3) is 11.3 Å². The molecule has 0 unspecified atom stereocenters. The number of carbonyl (C=O) groups excluding carboxylic acids is 3. The minimum absolute atomic E-state index is 0.0126. The maximum atomic E-state index is 12.8. The lowest BCUT2D eigenvalue weighted by Gasteiger charge is -2.13. The van der Waals surface area contributed by atoms with E-state index in [1.165, 1.54) is 6.92 Å². The van der Waals surface area contributed by atoms with Gasteiger partial charge in [-0.25, -0.2) is 4.79 Å². The number of nitrogens with one attached hydrogen (secondary N) is 1. The number of hydrogen-bond donors (Lipinski definition) is 1. The number of anilines is 1. The number of carbonyl (C=O) groups is 3. The molecular weight excluding hydrogens is 392 g/mol. The molecule has 1 aromatic heterocycles. The molecule has 0 spiro atoms. The van der Waals surface area contributed by atoms with E-state index in [1.54, 1.807) is 48.7 Å². The average Bonchev–Trinajstić information content (AvgIpc) is 3.05. The van der Waals surface area contributed by atoms with Crippen LogP contribution >= 0.6 is 0 Å². The Bertz CT molecular complexity index is 1130. The molecule has 1 heterocycles. The highest BCUT2D eigenvalue weighted by molar-refractivity contribution is 5.97. The second-order valence-electron chi connectivity index (χ2n) is 7.39. The van der Waals surface area contributed by atoms with Crippen LogP contribution in [0.1, 0.15) is 45.8 Å². The maximum Gasteiger partial charge on any atom is 0.339 e. The van der Waals surface area contributed by atoms with Gasteiger partial charge in [0.2, 0.25) is 5.91 Å². The van der Waals surface area contributed by atoms with E-state index in [-0.39, 0.29) is 24.8 Å². The molecule has 6 heteroatoms. The van der Waals surface area contributed by atoms with E-state index in [2.05, 4.69) is 5.32 Å². The number of Topliss-reactive ketones (excluding diaryl/α,β-unsaturated/α-hetero) is 1. The van der Waals surface area contributed by atoms with Crippen molar-refractivity contribution >= 4 is 23.3 Å². The maximum absolute atomic E-state index is 12.8. The number of nitrogens with zero attached hydrogens (tertiary/aromatic N) is 1. The fourth-order valence-electron chi connectivity index (χ4n) is 3.39. The van der Waals surface area contributed by atoms with E-state index in [9.17, 15) is 14.4 Å². The van der Waals surface area contributed by atoms with Crippen molar-refractivity contribution in [1.29, 1.82) is 0 Å². The molecule has 0 aliphatic rings. The summed E-state index contributed by atoms with van der Waals surface area (Å²) in [7, 11) is 0. The van der Waals surface area contributed by atoms with Gasteiger partial charge in [0, 0.05) is 22.6 Å². The Kier molecular flexibility index (Phi) is 6.70. The minimum Gasteiger partial charge on any atom is -0.462 e. The third-order valence-corrected chi connectivity index (χ3v) is 5.06. The number of aromatic nitrogens is 1. The van der Waals surface area contributed by atoms with Gasteiger partial charge in [-0.05, 0) is 51.5 Å². The van der Waals surface area contributed by atoms with E-state index >= 15 is 0 Å². The van der Waals surface area contributed by atoms with Crippen molar-refractivity contribution in [3.63, 3.8) is 0 Å². The fraction of sp³-hybridized carbons (Fsp3) is 0.240. The largest absolute Gasteiger partial charge is 0.462 e. The van der Waals surface area contributed by atoms with Crippen LogP contribution in [-0.4, -0.2) is 28.8 Å². The first-order valence-electron chi connectivity index (χ1n) is 10.1. The van der Waals surface area contributed by atoms with Crippen molar-refractivity contribution in [3.05, 3.63) is 77.0 Å². The third-order valence-electron chi connectivity index (χ3n) is 5.06. The zero-order valence-electron chi connectivity index (χ0n) is 18.2. The van der Waals surface area contributed by atoms with Gasteiger partial charge in [0.15, 0.2) is 5.78 Å². The third kappa shape index (κ3) is 5.09. The Hall–Kier alpha value is -3.67. The first kappa shape index (κ1) is 22.0. The number of rotatable bonds is 7. The smallest absolute Gasteiger partial charge is 0.339 e. The SMILES string of the molecule is CCOC(=O)c1cc(-c2ccc(C)cc2)n(CC(=O)Nc2cccc(C(C)=O)c2)c1C. The summed E-state index contributed by atoms with van der Waals surface area (Å²) in [6, 6.07) is 16.5. The van der Waals surface area contributed by atoms with E-state index in [1.807, 2.05) is 31.2 Å². The van der Waals surface area contributed by atoms with Gasteiger partial charge >= 0.3 is 5.97 Å². The van der Waals surface area contributed by atoms with Crippen LogP contribution in [0.4, 0.5) is 5.69 Å². The molecule has 6 nitrogen and oxygen atoms in total. The molecule has 3 aromatic rings. The summed E-state index contributed by atoms with van der Waals surface area (Å²) in [6.45, 7) is 7.33. The van der Waals surface area contributed by atoms with E-state index in [4.69, 9.17) is 4.74 Å². The zero-order chi connectivity index (χ0) is 22.5. The summed E-state index contributed by atoms with van der Waals surface area (Å²) in [5.74, 6) is -0.747. The van der Waals surface area contributed by atoms with Crippen LogP contribution in [-0.2, 0) is 16.1 Å². The van der Waals surface area contributed by atoms with Crippen LogP contribution in [0.15, 0.2) is 54.6 Å². The van der Waals surface area contributed by atoms with Gasteiger partial charge in [0.1, 0.15) is 6.54 Å². The summed E-state index contributed by atoms with van der Waals surface area (Å²) in [6.07, 6.45) is 0. The molecular formula is C25H26N2O4. The molecule has 0 aliphatic carbocycles. The predicted molar refractivity (Wildman–Crippen MR) is 120 cm³/mol. The molecule has 1 N–H and O–H groups in total. The summed E-state index contributed by atoms with van der Waals surface area (Å²) in [4.78, 5) is 36.9. The Labute approximate surface area is 181 Å². The molecule has 0 aliphatic heterocycles. The predicted octanol–water partition coefficient (Wildman–Crippen LogP) is 4.79. The van der Waals surface area contributed by atoms with Crippen molar-refractivity contribution in [3.8, 4) is 11.3 Å². The Morgan fingerprint density at radius 1 is 1.00 bits per heavy atom. The monoisotopic (exact) mass is 418 g/mol. The highest BCUT2D eigenvalue weighted by atomic mass is 16.5. The number of benzene rings is 2. The van der Waals surface area contributed by atoms with E-state index in [0.717, 1.165) is 16.8 Å². The molecule has 1 amide bonds. The second-order valence-corrected chi connectivity index (χ2v) is 7.39. The topological polar surface area (TPSA) is 77.4 Å². The van der Waals surface area contributed by atoms with E-state index in [0.29, 0.717) is 22.5 Å². The molecule has 3 rings (SSSR count). The second kappa shape index (κ2) is 9.43. The lowest BCUT2D eigenvalue weighted by molar-refractivity contribution is -0.116. The molecule has 0 bridgehead atoms. The molecule has 31 heavy (non-hydrogen) atoms. The Morgan fingerprint density at radius 2 is 1.71 bits per heavy atom. The number of aryl methyl sites for hydroxylation is 1. The average molecular weight is 418 g/mol. The van der Waals surface area contributed by atoms with Crippen molar-refractivity contribution in [2.45, 2.75) is 34.2 Å². The quantitative estimate of drug-likeness (QED) is 0.442. The van der Waals surface area contributed by atoms with Crippen LogP contribution in [0.3, 0.4) is 0 Å². The molecule has 0 saturated heterocycles. The normalized spacial score (nSPS) is 10.6. The minimum atomic E-state index is -0.415. The summed E-state index contributed by atoms with van der Waals surface area (Å²) >= 11 is 0. The lowest BCUT2D eigenvalue weighted by atomic mass is 10.1. The summed E-state index contributed by atoms with van der Waals surface area (Å²) in [5.41, 5.74) is 4.94. The van der Waals surface area contributed by atoms with Gasteiger partial charge in [-0.3, -0.25) is 9.59 Å². The number of ketones is 1. The fourth-order valence-corrected chi connectivity index (χ4v) is 3.39. The van der Waals surface area contributed by atoms with Crippen molar-refractivity contribution in [2.75, 3.05) is 11.9 Å². The zero-order valence-corrected chi connectivity index (χ0v) is 18.2. The van der Waals surface area contributed by atoms with Crippen molar-refractivity contribution in [2.24, 2.45) is 0 Å².